The molecule has 2 atom stereocenters. The predicted octanol–water partition coefficient (Wildman–Crippen LogP) is 4.08. The van der Waals surface area contributed by atoms with Crippen molar-refractivity contribution in [1.82, 2.24) is 9.78 Å². The number of hydrogen-bond donors (Lipinski definition) is 0. The first-order valence-corrected chi connectivity index (χ1v) is 10.6. The molecule has 2 aromatic carbocycles. The van der Waals surface area contributed by atoms with Crippen LogP contribution in [0.25, 0.3) is 5.69 Å². The molecule has 3 aromatic rings. The van der Waals surface area contributed by atoms with Gasteiger partial charge < -0.3 is 18.9 Å². The normalized spacial score (nSPS) is 16.2. The largest absolute Gasteiger partial charge is 0.495 e. The van der Waals surface area contributed by atoms with Gasteiger partial charge in [0, 0.05) is 19.5 Å². The maximum absolute atomic E-state index is 13.1. The molecule has 0 saturated carbocycles. The minimum absolute atomic E-state index is 0.0406. The first-order valence-electron chi connectivity index (χ1n) is 9.84. The molecule has 0 bridgehead atoms. The van der Waals surface area contributed by atoms with Crippen LogP contribution in [0.15, 0.2) is 64.3 Å². The summed E-state index contributed by atoms with van der Waals surface area (Å²) in [6, 6.07) is 12.6. The van der Waals surface area contributed by atoms with Crippen LogP contribution in [-0.2, 0) is 14.3 Å². The van der Waals surface area contributed by atoms with Crippen LogP contribution in [0.5, 0.6) is 11.5 Å². The van der Waals surface area contributed by atoms with Crippen molar-refractivity contribution in [3.8, 4) is 17.2 Å². The van der Waals surface area contributed by atoms with E-state index in [9.17, 15) is 4.79 Å². The fourth-order valence-electron chi connectivity index (χ4n) is 3.49. The van der Waals surface area contributed by atoms with Gasteiger partial charge in [-0.25, -0.2) is 9.67 Å². The molecular weight excluding hydrogens is 478 g/mol. The Balaban J connectivity index is 1.56. The molecule has 0 N–H and O–H groups in total. The van der Waals surface area contributed by atoms with Gasteiger partial charge in [-0.1, -0.05) is 12.1 Å². The first-order chi connectivity index (χ1) is 15.5. The van der Waals surface area contributed by atoms with Gasteiger partial charge in [0.15, 0.2) is 0 Å². The predicted molar refractivity (Wildman–Crippen MR) is 122 cm³/mol. The molecule has 2 heterocycles. The van der Waals surface area contributed by atoms with Crippen molar-refractivity contribution in [1.29, 1.82) is 0 Å². The summed E-state index contributed by atoms with van der Waals surface area (Å²) in [6.45, 7) is 0.240. The summed E-state index contributed by atoms with van der Waals surface area (Å²) in [5, 5.41) is 4.21. The fourth-order valence-corrected chi connectivity index (χ4v) is 4.04. The molecule has 1 aliphatic heterocycles. The number of carbonyl (C=O) groups is 1. The van der Waals surface area contributed by atoms with Crippen molar-refractivity contribution < 1.29 is 23.7 Å². The van der Waals surface area contributed by atoms with Crippen LogP contribution in [0.2, 0.25) is 0 Å². The van der Waals surface area contributed by atoms with Crippen molar-refractivity contribution in [3.63, 3.8) is 0 Å². The average Bonchev–Trinajstić information content (AvgIpc) is 3.53. The molecular formula is C23H22BrN3O5. The Kier molecular flexibility index (Phi) is 6.57. The zero-order chi connectivity index (χ0) is 22.7. The highest BCUT2D eigenvalue weighted by Crippen LogP contribution is 2.39. The number of methoxy groups -OCH3 is 3. The monoisotopic (exact) mass is 499 g/mol. The van der Waals surface area contributed by atoms with Crippen LogP contribution in [0.4, 0.5) is 0 Å². The molecule has 9 heteroatoms. The molecule has 32 heavy (non-hydrogen) atoms. The number of halogens is 1. The van der Waals surface area contributed by atoms with Crippen LogP contribution in [0, 0.1) is 0 Å². The Hall–Kier alpha value is -3.17. The third-order valence-electron chi connectivity index (χ3n) is 5.15. The highest BCUT2D eigenvalue weighted by atomic mass is 79.9. The first kappa shape index (κ1) is 22.0. The molecule has 8 nitrogen and oxygen atoms in total. The number of aromatic nitrogens is 2. The number of benzene rings is 2. The SMILES string of the molecule is COc1cc(C2COC(C(=O)C(OC)c3ccc(-n4cccn4)cc3)=N2)cc(OC)c1Br. The van der Waals surface area contributed by atoms with Crippen LogP contribution < -0.4 is 9.47 Å². The quantitative estimate of drug-likeness (QED) is 0.464. The lowest BCUT2D eigenvalue weighted by atomic mass is 10.0. The lowest BCUT2D eigenvalue weighted by Gasteiger charge is -2.14. The van der Waals surface area contributed by atoms with Crippen LogP contribution in [0.1, 0.15) is 23.3 Å². The molecule has 166 valence electrons. The molecule has 1 aromatic heterocycles. The zero-order valence-corrected chi connectivity index (χ0v) is 19.4. The number of carbonyl (C=O) groups excluding carboxylic acids is 1. The maximum atomic E-state index is 13.1. The number of rotatable bonds is 8. The minimum atomic E-state index is -0.826. The van der Waals surface area contributed by atoms with E-state index in [1.165, 1.54) is 7.11 Å². The highest BCUT2D eigenvalue weighted by Gasteiger charge is 2.32. The molecule has 0 radical (unpaired) electrons. The Bertz CT molecular complexity index is 1100. The lowest BCUT2D eigenvalue weighted by molar-refractivity contribution is -0.123. The van der Waals surface area contributed by atoms with E-state index in [4.69, 9.17) is 18.9 Å². The summed E-state index contributed by atoms with van der Waals surface area (Å²) in [7, 11) is 4.64. The summed E-state index contributed by atoms with van der Waals surface area (Å²) in [5.74, 6) is 0.930. The minimum Gasteiger partial charge on any atom is -0.495 e. The van der Waals surface area contributed by atoms with Gasteiger partial charge in [0.2, 0.25) is 5.78 Å². The van der Waals surface area contributed by atoms with Crippen molar-refractivity contribution in [3.05, 3.63) is 70.5 Å². The van der Waals surface area contributed by atoms with Gasteiger partial charge in [-0.15, -0.1) is 0 Å². The van der Waals surface area contributed by atoms with Gasteiger partial charge in [-0.3, -0.25) is 4.79 Å². The van der Waals surface area contributed by atoms with Gasteiger partial charge in [0.25, 0.3) is 5.90 Å². The fraction of sp³-hybridized carbons (Fsp3) is 0.261. The number of Topliss-reactive ketones (excluding diaryl/α,β-unsaturated/α-hetero) is 1. The standard InChI is InChI=1S/C23H22BrN3O5/c1-29-18-11-15(12-19(30-2)20(18)24)17-13-32-23(26-17)21(28)22(31-3)14-5-7-16(8-6-14)27-10-4-9-25-27/h4-12,17,22H,13H2,1-3H3. The van der Waals surface area contributed by atoms with Crippen LogP contribution >= 0.6 is 15.9 Å². The summed E-state index contributed by atoms with van der Waals surface area (Å²) in [4.78, 5) is 17.6. The highest BCUT2D eigenvalue weighted by molar-refractivity contribution is 9.10. The van der Waals surface area contributed by atoms with E-state index >= 15 is 0 Å². The summed E-state index contributed by atoms with van der Waals surface area (Å²) in [6.07, 6.45) is 2.73. The summed E-state index contributed by atoms with van der Waals surface area (Å²) in [5.41, 5.74) is 2.41. The molecule has 1 aliphatic rings. The van der Waals surface area contributed by atoms with Gasteiger partial charge >= 0.3 is 0 Å². The van der Waals surface area contributed by atoms with E-state index in [0.717, 1.165) is 11.3 Å². The second kappa shape index (κ2) is 9.54. The Morgan fingerprint density at radius 2 is 1.84 bits per heavy atom. The molecule has 0 aliphatic carbocycles. The van der Waals surface area contributed by atoms with E-state index in [0.29, 0.717) is 21.5 Å². The molecule has 2 unspecified atom stereocenters. The number of aliphatic imine (C=N–C) groups is 1. The number of ketones is 1. The molecule has 0 saturated heterocycles. The third kappa shape index (κ3) is 4.26. The van der Waals surface area contributed by atoms with Crippen molar-refractivity contribution in [2.45, 2.75) is 12.1 Å². The summed E-state index contributed by atoms with van der Waals surface area (Å²) < 4.78 is 24.4. The van der Waals surface area contributed by atoms with Gasteiger partial charge in [-0.05, 0) is 57.4 Å². The van der Waals surface area contributed by atoms with Gasteiger partial charge in [0.1, 0.15) is 34.7 Å². The van der Waals surface area contributed by atoms with Crippen molar-refractivity contribution in [2.75, 3.05) is 27.9 Å². The lowest BCUT2D eigenvalue weighted by Crippen LogP contribution is -2.24. The van der Waals surface area contributed by atoms with E-state index in [2.05, 4.69) is 26.0 Å². The zero-order valence-electron chi connectivity index (χ0n) is 17.8. The van der Waals surface area contributed by atoms with Crippen LogP contribution in [-0.4, -0.2) is 49.4 Å². The molecule has 0 fully saturated rings. The maximum Gasteiger partial charge on any atom is 0.257 e. The average molecular weight is 500 g/mol. The van der Waals surface area contributed by atoms with Crippen molar-refractivity contribution in [2.24, 2.45) is 4.99 Å². The second-order valence-corrected chi connectivity index (χ2v) is 7.82. The molecule has 4 rings (SSSR count). The Morgan fingerprint density at radius 1 is 1.16 bits per heavy atom. The number of nitrogens with zero attached hydrogens (tertiary/aromatic N) is 3. The Morgan fingerprint density at radius 3 is 2.41 bits per heavy atom. The van der Waals surface area contributed by atoms with Gasteiger partial charge in [-0.2, -0.15) is 5.10 Å². The Labute approximate surface area is 193 Å². The number of ether oxygens (including phenoxy) is 4. The third-order valence-corrected chi connectivity index (χ3v) is 5.93. The van der Waals surface area contributed by atoms with E-state index < -0.39 is 6.10 Å². The van der Waals surface area contributed by atoms with E-state index in [1.807, 2.05) is 48.7 Å². The van der Waals surface area contributed by atoms with E-state index in [-0.39, 0.29) is 24.3 Å². The van der Waals surface area contributed by atoms with Crippen molar-refractivity contribution >= 4 is 27.6 Å². The van der Waals surface area contributed by atoms with Crippen LogP contribution in [0.3, 0.4) is 0 Å². The molecule has 0 spiro atoms. The second-order valence-electron chi connectivity index (χ2n) is 7.02. The molecule has 0 amide bonds. The van der Waals surface area contributed by atoms with Gasteiger partial charge in [0.05, 0.1) is 19.9 Å². The van der Waals surface area contributed by atoms with E-state index in [1.54, 1.807) is 25.1 Å². The topological polar surface area (TPSA) is 84.2 Å². The summed E-state index contributed by atoms with van der Waals surface area (Å²) >= 11 is 3.46. The smallest absolute Gasteiger partial charge is 0.257 e. The number of hydrogen-bond acceptors (Lipinski definition) is 7.